The monoisotopic (exact) mass is 314 g/mol. The molecule has 6 nitrogen and oxygen atoms in total. The molecule has 0 spiro atoms. The number of aryl methyl sites for hydroxylation is 1. The van der Waals surface area contributed by atoms with Crippen LogP contribution >= 0.6 is 0 Å². The Balaban J connectivity index is 1.75. The molecule has 0 radical (unpaired) electrons. The number of primary amides is 1. The Kier molecular flexibility index (Phi) is 4.71. The first-order valence-corrected chi connectivity index (χ1v) is 8.09. The van der Waals surface area contributed by atoms with Gasteiger partial charge in [0.25, 0.3) is 0 Å². The minimum atomic E-state index is -0.337. The van der Waals surface area contributed by atoms with Crippen molar-refractivity contribution in [3.8, 4) is 0 Å². The van der Waals surface area contributed by atoms with Crippen molar-refractivity contribution in [2.24, 2.45) is 5.73 Å². The van der Waals surface area contributed by atoms with E-state index in [2.05, 4.69) is 29.2 Å². The fourth-order valence-electron chi connectivity index (χ4n) is 2.99. The lowest BCUT2D eigenvalue weighted by Crippen LogP contribution is -2.48. The molecule has 1 aliphatic heterocycles. The van der Waals surface area contributed by atoms with Crippen molar-refractivity contribution in [1.82, 2.24) is 15.0 Å². The standard InChI is InChI=1S/C17H22N4O2/c1-2-3-8-15-19-16(23-20-15)11-21-10-13-7-5-4-6-12(13)9-14(21)17(18)22/h4-7,14H,2-3,8-11H2,1H3,(H2,18,22). The van der Waals surface area contributed by atoms with E-state index in [4.69, 9.17) is 10.3 Å². The molecule has 1 aliphatic rings. The summed E-state index contributed by atoms with van der Waals surface area (Å²) in [6, 6.07) is 7.80. The fourth-order valence-corrected chi connectivity index (χ4v) is 2.99. The van der Waals surface area contributed by atoms with Crippen molar-refractivity contribution in [3.63, 3.8) is 0 Å². The highest BCUT2D eigenvalue weighted by molar-refractivity contribution is 5.80. The van der Waals surface area contributed by atoms with Gasteiger partial charge in [-0.25, -0.2) is 0 Å². The number of benzene rings is 1. The molecule has 1 aromatic heterocycles. The van der Waals surface area contributed by atoms with Gasteiger partial charge in [-0.15, -0.1) is 0 Å². The third kappa shape index (κ3) is 3.59. The molecule has 0 aliphatic carbocycles. The van der Waals surface area contributed by atoms with Crippen LogP contribution in [0.4, 0.5) is 0 Å². The van der Waals surface area contributed by atoms with Gasteiger partial charge in [-0.1, -0.05) is 42.8 Å². The van der Waals surface area contributed by atoms with E-state index < -0.39 is 0 Å². The van der Waals surface area contributed by atoms with Crippen molar-refractivity contribution in [3.05, 3.63) is 47.1 Å². The Labute approximate surface area is 135 Å². The van der Waals surface area contributed by atoms with Crippen molar-refractivity contribution >= 4 is 5.91 Å². The molecule has 1 atom stereocenters. The van der Waals surface area contributed by atoms with Crippen molar-refractivity contribution in [2.75, 3.05) is 0 Å². The number of fused-ring (bicyclic) bond motifs is 1. The first kappa shape index (κ1) is 15.7. The molecule has 2 heterocycles. The summed E-state index contributed by atoms with van der Waals surface area (Å²) in [6.45, 7) is 3.24. The molecule has 2 N–H and O–H groups in total. The largest absolute Gasteiger partial charge is 0.368 e. The van der Waals surface area contributed by atoms with Crippen molar-refractivity contribution in [1.29, 1.82) is 0 Å². The Bertz CT molecular complexity index is 683. The number of hydrogen-bond acceptors (Lipinski definition) is 5. The second-order valence-corrected chi connectivity index (χ2v) is 6.00. The van der Waals surface area contributed by atoms with E-state index in [0.29, 0.717) is 25.4 Å². The Morgan fingerprint density at radius 1 is 1.39 bits per heavy atom. The van der Waals surface area contributed by atoms with Crippen LogP contribution in [0.5, 0.6) is 0 Å². The van der Waals surface area contributed by atoms with E-state index >= 15 is 0 Å². The summed E-state index contributed by atoms with van der Waals surface area (Å²) < 4.78 is 5.33. The topological polar surface area (TPSA) is 85.3 Å². The number of amides is 1. The lowest BCUT2D eigenvalue weighted by molar-refractivity contribution is -0.124. The predicted molar refractivity (Wildman–Crippen MR) is 85.3 cm³/mol. The zero-order valence-corrected chi connectivity index (χ0v) is 13.4. The highest BCUT2D eigenvalue weighted by Gasteiger charge is 2.31. The predicted octanol–water partition coefficient (Wildman–Crippen LogP) is 1.82. The second-order valence-electron chi connectivity index (χ2n) is 6.00. The summed E-state index contributed by atoms with van der Waals surface area (Å²) >= 11 is 0. The van der Waals surface area contributed by atoms with Crippen LogP contribution in [0.2, 0.25) is 0 Å². The lowest BCUT2D eigenvalue weighted by Gasteiger charge is -2.33. The molecule has 1 amide bonds. The van der Waals surface area contributed by atoms with Crippen LogP contribution in [0, 0.1) is 0 Å². The van der Waals surface area contributed by atoms with E-state index in [1.807, 2.05) is 17.0 Å². The van der Waals surface area contributed by atoms with Crippen LogP contribution in [0.3, 0.4) is 0 Å². The van der Waals surface area contributed by atoms with E-state index in [0.717, 1.165) is 25.1 Å². The molecule has 3 rings (SSSR count). The molecular formula is C17H22N4O2. The Hall–Kier alpha value is -2.21. The maximum atomic E-state index is 11.8. The van der Waals surface area contributed by atoms with Crippen LogP contribution in [-0.4, -0.2) is 27.0 Å². The third-order valence-corrected chi connectivity index (χ3v) is 4.28. The fraction of sp³-hybridized carbons (Fsp3) is 0.471. The van der Waals surface area contributed by atoms with Crippen LogP contribution < -0.4 is 5.73 Å². The van der Waals surface area contributed by atoms with Gasteiger partial charge in [0.05, 0.1) is 12.6 Å². The minimum absolute atomic E-state index is 0.315. The number of carbonyl (C=O) groups excluding carboxylic acids is 1. The lowest BCUT2D eigenvalue weighted by atomic mass is 9.93. The molecule has 1 aromatic carbocycles. The van der Waals surface area contributed by atoms with Gasteiger partial charge < -0.3 is 10.3 Å². The SMILES string of the molecule is CCCCc1noc(CN2Cc3ccccc3CC2C(N)=O)n1. The molecule has 0 fully saturated rings. The van der Waals surface area contributed by atoms with Gasteiger partial charge in [0.15, 0.2) is 5.82 Å². The zero-order chi connectivity index (χ0) is 16.2. The van der Waals surface area contributed by atoms with Crippen LogP contribution in [0.1, 0.15) is 42.6 Å². The molecule has 6 heteroatoms. The number of unbranched alkanes of at least 4 members (excludes halogenated alkanes) is 1. The second kappa shape index (κ2) is 6.91. The summed E-state index contributed by atoms with van der Waals surface area (Å²) in [6.07, 6.45) is 3.58. The highest BCUT2D eigenvalue weighted by atomic mass is 16.5. The zero-order valence-electron chi connectivity index (χ0n) is 13.4. The molecule has 0 bridgehead atoms. The number of hydrogen-bond donors (Lipinski definition) is 1. The third-order valence-electron chi connectivity index (χ3n) is 4.28. The van der Waals surface area contributed by atoms with Gasteiger partial charge in [0, 0.05) is 13.0 Å². The smallest absolute Gasteiger partial charge is 0.240 e. The Morgan fingerprint density at radius 3 is 2.91 bits per heavy atom. The summed E-state index contributed by atoms with van der Waals surface area (Å²) in [7, 11) is 0. The van der Waals surface area contributed by atoms with E-state index in [9.17, 15) is 4.79 Å². The van der Waals surface area contributed by atoms with E-state index in [1.165, 1.54) is 11.1 Å². The van der Waals surface area contributed by atoms with Crippen LogP contribution in [0.15, 0.2) is 28.8 Å². The molecule has 122 valence electrons. The molecule has 23 heavy (non-hydrogen) atoms. The Morgan fingerprint density at radius 2 is 2.17 bits per heavy atom. The average Bonchev–Trinajstić information content (AvgIpc) is 2.99. The molecule has 2 aromatic rings. The van der Waals surface area contributed by atoms with E-state index in [1.54, 1.807) is 0 Å². The van der Waals surface area contributed by atoms with Gasteiger partial charge in [0.2, 0.25) is 11.8 Å². The minimum Gasteiger partial charge on any atom is -0.368 e. The van der Waals surface area contributed by atoms with Crippen LogP contribution in [-0.2, 0) is 30.7 Å². The van der Waals surface area contributed by atoms with Gasteiger partial charge in [-0.05, 0) is 24.0 Å². The van der Waals surface area contributed by atoms with Crippen molar-refractivity contribution in [2.45, 2.75) is 51.7 Å². The van der Waals surface area contributed by atoms with Gasteiger partial charge in [-0.2, -0.15) is 4.98 Å². The summed E-state index contributed by atoms with van der Waals surface area (Å²) in [5.41, 5.74) is 7.99. The number of nitrogens with two attached hydrogens (primary N) is 1. The summed E-state index contributed by atoms with van der Waals surface area (Å²) in [5, 5.41) is 4.00. The first-order chi connectivity index (χ1) is 11.2. The number of rotatable bonds is 6. The average molecular weight is 314 g/mol. The maximum absolute atomic E-state index is 11.8. The summed E-state index contributed by atoms with van der Waals surface area (Å²) in [4.78, 5) is 18.3. The molecule has 1 unspecified atom stereocenters. The molecule has 0 saturated carbocycles. The van der Waals surface area contributed by atoms with Gasteiger partial charge in [0.1, 0.15) is 0 Å². The normalized spacial score (nSPS) is 17.9. The maximum Gasteiger partial charge on any atom is 0.240 e. The van der Waals surface area contributed by atoms with Crippen LogP contribution in [0.25, 0.3) is 0 Å². The van der Waals surface area contributed by atoms with Gasteiger partial charge >= 0.3 is 0 Å². The quantitative estimate of drug-likeness (QED) is 0.879. The van der Waals surface area contributed by atoms with Gasteiger partial charge in [-0.3, -0.25) is 9.69 Å². The molecular weight excluding hydrogens is 292 g/mol. The highest BCUT2D eigenvalue weighted by Crippen LogP contribution is 2.24. The first-order valence-electron chi connectivity index (χ1n) is 8.09. The number of nitrogens with zero attached hydrogens (tertiary/aromatic N) is 3. The number of carbonyl (C=O) groups is 1. The van der Waals surface area contributed by atoms with E-state index in [-0.39, 0.29) is 11.9 Å². The summed E-state index contributed by atoms with van der Waals surface area (Å²) in [5.74, 6) is 0.960. The van der Waals surface area contributed by atoms with Crippen molar-refractivity contribution < 1.29 is 9.32 Å². The molecule has 0 saturated heterocycles. The number of aromatic nitrogens is 2.